The molecule has 0 bridgehead atoms. The molecule has 0 saturated heterocycles. The lowest BCUT2D eigenvalue weighted by Crippen LogP contribution is -2.06. The first-order chi connectivity index (χ1) is 6.88. The number of hydrogen-bond donors (Lipinski definition) is 1. The van der Waals surface area contributed by atoms with Gasteiger partial charge in [0.15, 0.2) is 0 Å². The molecule has 1 aromatic rings. The Hall–Kier alpha value is -0.860. The molecule has 14 heavy (non-hydrogen) atoms. The number of nitrogens with two attached hydrogens (primary N) is 1. The third-order valence-electron chi connectivity index (χ3n) is 2.14. The molecule has 0 aliphatic rings. The molecule has 1 rings (SSSR count). The van der Waals surface area contributed by atoms with Crippen LogP contribution in [0.2, 0.25) is 0 Å². The summed E-state index contributed by atoms with van der Waals surface area (Å²) in [5.41, 5.74) is 8.12. The van der Waals surface area contributed by atoms with Gasteiger partial charge in [0.25, 0.3) is 0 Å². The Morgan fingerprint density at radius 1 is 1.21 bits per heavy atom. The van der Waals surface area contributed by atoms with E-state index in [1.807, 2.05) is 12.1 Å². The summed E-state index contributed by atoms with van der Waals surface area (Å²) in [6.07, 6.45) is 2.00. The highest BCUT2D eigenvalue weighted by Crippen LogP contribution is 2.10. The van der Waals surface area contributed by atoms with E-state index in [1.165, 1.54) is 11.1 Å². The largest absolute Gasteiger partial charge is 0.377 e. The van der Waals surface area contributed by atoms with Gasteiger partial charge in [-0.05, 0) is 30.5 Å². The van der Waals surface area contributed by atoms with Gasteiger partial charge >= 0.3 is 0 Å². The molecule has 0 aliphatic carbocycles. The lowest BCUT2D eigenvalue weighted by Gasteiger charge is -2.08. The van der Waals surface area contributed by atoms with Gasteiger partial charge in [-0.3, -0.25) is 0 Å². The number of ether oxygens (including phenoxy) is 1. The van der Waals surface area contributed by atoms with Crippen LogP contribution < -0.4 is 5.73 Å². The Balaban J connectivity index is 2.55. The molecule has 0 unspecified atom stereocenters. The van der Waals surface area contributed by atoms with Gasteiger partial charge in [-0.15, -0.1) is 0 Å². The molecular formula is C12H19NO. The van der Waals surface area contributed by atoms with Crippen molar-refractivity contribution in [3.05, 3.63) is 35.4 Å². The monoisotopic (exact) mass is 193 g/mol. The summed E-state index contributed by atoms with van der Waals surface area (Å²) in [6.45, 7) is 4.36. The molecule has 78 valence electrons. The third-order valence-corrected chi connectivity index (χ3v) is 2.14. The summed E-state index contributed by atoms with van der Waals surface area (Å²) in [5, 5.41) is 0. The van der Waals surface area contributed by atoms with Crippen LogP contribution >= 0.6 is 0 Å². The maximum absolute atomic E-state index is 5.54. The van der Waals surface area contributed by atoms with E-state index in [0.717, 1.165) is 19.4 Å². The predicted molar refractivity (Wildman–Crippen MR) is 59.1 cm³/mol. The van der Waals surface area contributed by atoms with Crippen molar-refractivity contribution in [3.63, 3.8) is 0 Å². The van der Waals surface area contributed by atoms with E-state index in [-0.39, 0.29) is 0 Å². The molecule has 0 radical (unpaired) electrons. The maximum Gasteiger partial charge on any atom is 0.0719 e. The highest BCUT2D eigenvalue weighted by molar-refractivity contribution is 5.26. The summed E-state index contributed by atoms with van der Waals surface area (Å²) in [7, 11) is 0. The fraction of sp³-hybridized carbons (Fsp3) is 0.500. The molecule has 1 aromatic carbocycles. The van der Waals surface area contributed by atoms with Crippen molar-refractivity contribution in [2.24, 2.45) is 5.73 Å². The van der Waals surface area contributed by atoms with E-state index < -0.39 is 0 Å². The zero-order valence-electron chi connectivity index (χ0n) is 8.83. The summed E-state index contributed by atoms with van der Waals surface area (Å²) in [6, 6.07) is 8.33. The maximum atomic E-state index is 5.54. The van der Waals surface area contributed by atoms with Gasteiger partial charge in [0.05, 0.1) is 6.61 Å². The second kappa shape index (κ2) is 6.57. The van der Waals surface area contributed by atoms with Gasteiger partial charge in [-0.25, -0.2) is 0 Å². The molecule has 0 aliphatic heterocycles. The van der Waals surface area contributed by atoms with Gasteiger partial charge in [0, 0.05) is 6.61 Å². The lowest BCUT2D eigenvalue weighted by atomic mass is 10.1. The van der Waals surface area contributed by atoms with Crippen molar-refractivity contribution in [2.75, 3.05) is 13.2 Å². The first-order valence-electron chi connectivity index (χ1n) is 5.23. The SMILES string of the molecule is CCCOCc1ccccc1CCN. The van der Waals surface area contributed by atoms with Gasteiger partial charge < -0.3 is 10.5 Å². The zero-order valence-corrected chi connectivity index (χ0v) is 8.83. The molecule has 0 atom stereocenters. The van der Waals surface area contributed by atoms with Crippen molar-refractivity contribution >= 4 is 0 Å². The summed E-state index contributed by atoms with van der Waals surface area (Å²) < 4.78 is 5.52. The van der Waals surface area contributed by atoms with Crippen LogP contribution in [0.5, 0.6) is 0 Å². The van der Waals surface area contributed by atoms with E-state index in [9.17, 15) is 0 Å². The van der Waals surface area contributed by atoms with Crippen molar-refractivity contribution in [3.8, 4) is 0 Å². The van der Waals surface area contributed by atoms with Crippen molar-refractivity contribution in [2.45, 2.75) is 26.4 Å². The number of hydrogen-bond acceptors (Lipinski definition) is 2. The topological polar surface area (TPSA) is 35.2 Å². The molecule has 2 N–H and O–H groups in total. The minimum Gasteiger partial charge on any atom is -0.377 e. The molecule has 2 heteroatoms. The fourth-order valence-corrected chi connectivity index (χ4v) is 1.42. The smallest absolute Gasteiger partial charge is 0.0719 e. The molecule has 0 aromatic heterocycles. The summed E-state index contributed by atoms with van der Waals surface area (Å²) >= 11 is 0. The number of rotatable bonds is 6. The minimum atomic E-state index is 0.699. The van der Waals surface area contributed by atoms with Crippen LogP contribution in [0.15, 0.2) is 24.3 Å². The second-order valence-corrected chi connectivity index (χ2v) is 3.36. The van der Waals surface area contributed by atoms with E-state index in [1.54, 1.807) is 0 Å². The van der Waals surface area contributed by atoms with Crippen molar-refractivity contribution in [1.29, 1.82) is 0 Å². The average molecular weight is 193 g/mol. The zero-order chi connectivity index (χ0) is 10.2. The van der Waals surface area contributed by atoms with Gasteiger partial charge in [0.1, 0.15) is 0 Å². The van der Waals surface area contributed by atoms with E-state index in [0.29, 0.717) is 13.2 Å². The van der Waals surface area contributed by atoms with Gasteiger partial charge in [-0.2, -0.15) is 0 Å². The average Bonchev–Trinajstić information content (AvgIpc) is 2.21. The quantitative estimate of drug-likeness (QED) is 0.702. The van der Waals surface area contributed by atoms with Crippen LogP contribution in [0.25, 0.3) is 0 Å². The highest BCUT2D eigenvalue weighted by atomic mass is 16.5. The Kier molecular flexibility index (Phi) is 5.27. The molecule has 0 amide bonds. The van der Waals surface area contributed by atoms with E-state index >= 15 is 0 Å². The van der Waals surface area contributed by atoms with Gasteiger partial charge in [-0.1, -0.05) is 31.2 Å². The Bertz CT molecular complexity index is 260. The third kappa shape index (κ3) is 3.48. The van der Waals surface area contributed by atoms with Gasteiger partial charge in [0.2, 0.25) is 0 Å². The molecule has 0 fully saturated rings. The van der Waals surface area contributed by atoms with Crippen molar-refractivity contribution < 1.29 is 4.74 Å². The fourth-order valence-electron chi connectivity index (χ4n) is 1.42. The first-order valence-corrected chi connectivity index (χ1v) is 5.23. The van der Waals surface area contributed by atoms with Crippen LogP contribution in [0, 0.1) is 0 Å². The Morgan fingerprint density at radius 2 is 1.93 bits per heavy atom. The summed E-state index contributed by atoms with van der Waals surface area (Å²) in [4.78, 5) is 0. The van der Waals surface area contributed by atoms with E-state index in [4.69, 9.17) is 10.5 Å². The Morgan fingerprint density at radius 3 is 2.57 bits per heavy atom. The molecule has 0 saturated carbocycles. The Labute approximate surface area is 86.1 Å². The summed E-state index contributed by atoms with van der Waals surface area (Å²) in [5.74, 6) is 0. The standard InChI is InChI=1S/C12H19NO/c1-2-9-14-10-12-6-4-3-5-11(12)7-8-13/h3-6H,2,7-10,13H2,1H3. The van der Waals surface area contributed by atoms with Crippen LogP contribution in [0.4, 0.5) is 0 Å². The molecule has 0 spiro atoms. The van der Waals surface area contributed by atoms with Crippen LogP contribution in [0.1, 0.15) is 24.5 Å². The highest BCUT2D eigenvalue weighted by Gasteiger charge is 1.99. The predicted octanol–water partition coefficient (Wildman–Crippen LogP) is 2.11. The normalized spacial score (nSPS) is 10.4. The number of benzene rings is 1. The lowest BCUT2D eigenvalue weighted by molar-refractivity contribution is 0.121. The van der Waals surface area contributed by atoms with Crippen LogP contribution in [-0.2, 0) is 17.8 Å². The van der Waals surface area contributed by atoms with Crippen molar-refractivity contribution in [1.82, 2.24) is 0 Å². The molecule has 2 nitrogen and oxygen atoms in total. The van der Waals surface area contributed by atoms with Crippen LogP contribution in [-0.4, -0.2) is 13.2 Å². The minimum absolute atomic E-state index is 0.699. The van der Waals surface area contributed by atoms with Crippen LogP contribution in [0.3, 0.4) is 0 Å². The molecule has 0 heterocycles. The van der Waals surface area contributed by atoms with E-state index in [2.05, 4.69) is 19.1 Å². The second-order valence-electron chi connectivity index (χ2n) is 3.36. The first kappa shape index (κ1) is 11.2. The molecular weight excluding hydrogens is 174 g/mol.